The molecule has 1 aromatic heterocycles. The molecule has 4 rings (SSSR count). The van der Waals surface area contributed by atoms with Crippen molar-refractivity contribution in [2.45, 2.75) is 12.6 Å². The fourth-order valence-electron chi connectivity index (χ4n) is 3.46. The average Bonchev–Trinajstić information content (AvgIpc) is 3.01. The number of aliphatic hydroxyl groups is 1. The molecule has 0 spiro atoms. The normalized spacial score (nSPS) is 26.9. The van der Waals surface area contributed by atoms with Crippen LogP contribution in [0.1, 0.15) is 16.8 Å². The number of carbonyl (C=O) groups excluding carboxylic acids is 3. The second-order valence-electron chi connectivity index (χ2n) is 6.71. The number of carbonyl (C=O) groups is 3. The summed E-state index contributed by atoms with van der Waals surface area (Å²) in [6.07, 6.45) is 4.45. The lowest BCUT2D eigenvalue weighted by atomic mass is 9.89. The highest BCUT2D eigenvalue weighted by Gasteiger charge is 2.54. The Labute approximate surface area is 170 Å². The summed E-state index contributed by atoms with van der Waals surface area (Å²) in [5.41, 5.74) is 0.114. The fraction of sp³-hybridized carbons (Fsp3) is 0.368. The number of halogens is 1. The van der Waals surface area contributed by atoms with Crippen LogP contribution in [0.4, 0.5) is 4.39 Å². The molecule has 30 heavy (non-hydrogen) atoms. The van der Waals surface area contributed by atoms with Crippen molar-refractivity contribution in [2.24, 2.45) is 11.8 Å². The van der Waals surface area contributed by atoms with Gasteiger partial charge in [0.25, 0.3) is 0 Å². The Balaban J connectivity index is 1.53. The highest BCUT2D eigenvalue weighted by Crippen LogP contribution is 2.40. The zero-order valence-corrected chi connectivity index (χ0v) is 15.6. The summed E-state index contributed by atoms with van der Waals surface area (Å²) >= 11 is 0. The molecule has 1 aliphatic carbocycles. The lowest BCUT2D eigenvalue weighted by Crippen LogP contribution is -2.50. The van der Waals surface area contributed by atoms with Crippen LogP contribution in [0.3, 0.4) is 0 Å². The van der Waals surface area contributed by atoms with Crippen LogP contribution in [-0.4, -0.2) is 64.0 Å². The van der Waals surface area contributed by atoms with Gasteiger partial charge in [0.2, 0.25) is 11.8 Å². The summed E-state index contributed by atoms with van der Waals surface area (Å²) in [4.78, 5) is 53.1. The van der Waals surface area contributed by atoms with Crippen LogP contribution in [0.25, 0.3) is 0 Å². The molecule has 3 unspecified atom stereocenters. The van der Waals surface area contributed by atoms with Crippen molar-refractivity contribution in [2.75, 3.05) is 19.8 Å². The van der Waals surface area contributed by atoms with Crippen molar-refractivity contribution in [1.29, 1.82) is 0 Å². The summed E-state index contributed by atoms with van der Waals surface area (Å²) in [6, 6.07) is 2.98. The molecule has 3 heterocycles. The van der Waals surface area contributed by atoms with Crippen molar-refractivity contribution in [1.82, 2.24) is 15.1 Å². The molecule has 0 bridgehead atoms. The number of β-amino-alcohol motifs (C(OH)–C–C–N with tert-alkyl or cyclic N) is 1. The maximum absolute atomic E-state index is 15.1. The van der Waals surface area contributed by atoms with Crippen molar-refractivity contribution in [3.8, 4) is 0 Å². The van der Waals surface area contributed by atoms with Gasteiger partial charge < -0.3 is 9.84 Å². The zero-order valence-electron chi connectivity index (χ0n) is 15.6. The highest BCUT2D eigenvalue weighted by molar-refractivity contribution is 6.07. The van der Waals surface area contributed by atoms with E-state index in [0.717, 1.165) is 10.1 Å². The summed E-state index contributed by atoms with van der Waals surface area (Å²) in [5.74, 6) is -6.17. The van der Waals surface area contributed by atoms with Gasteiger partial charge in [0.15, 0.2) is 17.8 Å². The second kappa shape index (κ2) is 8.40. The van der Waals surface area contributed by atoms with Crippen LogP contribution in [-0.2, 0) is 24.0 Å². The first kappa shape index (κ1) is 20.3. The van der Waals surface area contributed by atoms with E-state index < -0.39 is 47.4 Å². The molecule has 3 atom stereocenters. The molecule has 3 aliphatic rings. The summed E-state index contributed by atoms with van der Waals surface area (Å²) in [6.45, 7) is -0.0903. The lowest BCUT2D eigenvalue weighted by molar-refractivity contribution is -0.426. The van der Waals surface area contributed by atoms with Gasteiger partial charge in [0.05, 0.1) is 31.2 Å². The summed E-state index contributed by atoms with van der Waals surface area (Å²) < 4.78 is 20.1. The van der Waals surface area contributed by atoms with Gasteiger partial charge >= 0.3 is 5.97 Å². The monoisotopic (exact) mass is 419 g/mol. The SMILES string of the molecule is O=C(OC1=C(F)C2C(=O)N(C3CCON(CCO)O3)C(=O)C2C=C1)c1cccnc1. The number of rotatable bonds is 5. The topological polar surface area (TPSA) is 119 Å². The van der Waals surface area contributed by atoms with Gasteiger partial charge in [-0.3, -0.25) is 24.3 Å². The zero-order chi connectivity index (χ0) is 21.3. The van der Waals surface area contributed by atoms with Crippen molar-refractivity contribution >= 4 is 17.8 Å². The van der Waals surface area contributed by atoms with Gasteiger partial charge in [0.1, 0.15) is 5.92 Å². The first-order chi connectivity index (χ1) is 14.5. The largest absolute Gasteiger partial charge is 0.420 e. The van der Waals surface area contributed by atoms with E-state index in [-0.39, 0.29) is 31.7 Å². The number of esters is 1. The summed E-state index contributed by atoms with van der Waals surface area (Å²) in [7, 11) is 0. The van der Waals surface area contributed by atoms with Crippen LogP contribution < -0.4 is 0 Å². The van der Waals surface area contributed by atoms with Gasteiger partial charge in [-0.05, 0) is 18.2 Å². The van der Waals surface area contributed by atoms with Crippen molar-refractivity contribution < 1.29 is 38.3 Å². The number of hydrogen-bond acceptors (Lipinski definition) is 9. The Bertz CT molecular complexity index is 918. The molecule has 2 fully saturated rings. The van der Waals surface area contributed by atoms with Crippen molar-refractivity contribution in [3.05, 3.63) is 53.8 Å². The molecular weight excluding hydrogens is 401 g/mol. The van der Waals surface area contributed by atoms with Crippen LogP contribution in [0.2, 0.25) is 0 Å². The van der Waals surface area contributed by atoms with Crippen LogP contribution in [0.5, 0.6) is 0 Å². The van der Waals surface area contributed by atoms with E-state index in [0.29, 0.717) is 0 Å². The minimum absolute atomic E-state index is 0.0161. The molecule has 2 amide bonds. The summed E-state index contributed by atoms with van der Waals surface area (Å²) in [5, 5.41) is 9.99. The number of hydroxylamine groups is 2. The van der Waals surface area contributed by atoms with E-state index in [2.05, 4.69) is 4.98 Å². The number of nitrogens with zero attached hydrogens (tertiary/aromatic N) is 3. The number of imide groups is 1. The molecule has 0 saturated carbocycles. The Morgan fingerprint density at radius 1 is 1.37 bits per heavy atom. The Kier molecular flexibility index (Phi) is 5.68. The standard InChI is InChI=1S/C19H18FN3O7/c20-16-13(29-19(27)11-2-1-6-21-10-11)4-3-12-15(16)18(26)23(17(12)25)14-5-9-28-22(30-14)7-8-24/h1-4,6,10,12,14-15,24H,5,7-9H2. The fourth-order valence-corrected chi connectivity index (χ4v) is 3.46. The number of aliphatic hydroxyl groups excluding tert-OH is 1. The number of allylic oxidation sites excluding steroid dienone is 1. The number of aromatic nitrogens is 1. The molecule has 158 valence electrons. The molecule has 0 aromatic carbocycles. The number of ether oxygens (including phenoxy) is 1. The first-order valence-corrected chi connectivity index (χ1v) is 9.26. The Hall–Kier alpha value is -2.99. The number of pyridine rings is 1. The molecule has 11 heteroatoms. The molecule has 0 radical (unpaired) electrons. The van der Waals surface area contributed by atoms with E-state index in [9.17, 15) is 14.4 Å². The Morgan fingerprint density at radius 3 is 2.93 bits per heavy atom. The van der Waals surface area contributed by atoms with Gasteiger partial charge in [-0.25, -0.2) is 14.0 Å². The van der Waals surface area contributed by atoms with E-state index in [1.54, 1.807) is 0 Å². The lowest BCUT2D eigenvalue weighted by Gasteiger charge is -2.34. The first-order valence-electron chi connectivity index (χ1n) is 9.26. The molecule has 2 saturated heterocycles. The van der Waals surface area contributed by atoms with Crippen LogP contribution in [0, 0.1) is 11.8 Å². The second-order valence-corrected chi connectivity index (χ2v) is 6.71. The Morgan fingerprint density at radius 2 is 2.20 bits per heavy atom. The number of amides is 2. The molecular formula is C19H18FN3O7. The van der Waals surface area contributed by atoms with Crippen LogP contribution in [0.15, 0.2) is 48.3 Å². The van der Waals surface area contributed by atoms with E-state index >= 15 is 4.39 Å². The third-order valence-electron chi connectivity index (χ3n) is 4.86. The molecule has 10 nitrogen and oxygen atoms in total. The van der Waals surface area contributed by atoms with Crippen molar-refractivity contribution in [3.63, 3.8) is 0 Å². The minimum atomic E-state index is -1.43. The predicted molar refractivity (Wildman–Crippen MR) is 95.0 cm³/mol. The molecule has 2 aliphatic heterocycles. The number of fused-ring (bicyclic) bond motifs is 1. The third-order valence-corrected chi connectivity index (χ3v) is 4.86. The minimum Gasteiger partial charge on any atom is -0.420 e. The molecule has 1 aromatic rings. The predicted octanol–water partition coefficient (Wildman–Crippen LogP) is 0.478. The maximum atomic E-state index is 15.1. The third kappa shape index (κ3) is 3.63. The number of hydrogen-bond donors (Lipinski definition) is 1. The smallest absolute Gasteiger partial charge is 0.345 e. The van der Waals surface area contributed by atoms with Gasteiger partial charge in [-0.1, -0.05) is 11.3 Å². The number of likely N-dealkylation sites (tertiary alicyclic amines) is 1. The van der Waals surface area contributed by atoms with Crippen LogP contribution >= 0.6 is 0 Å². The van der Waals surface area contributed by atoms with Gasteiger partial charge in [0, 0.05) is 18.8 Å². The van der Waals surface area contributed by atoms with E-state index in [1.807, 2.05) is 0 Å². The van der Waals surface area contributed by atoms with E-state index in [1.165, 1.54) is 36.7 Å². The van der Waals surface area contributed by atoms with Gasteiger partial charge in [-0.15, -0.1) is 0 Å². The maximum Gasteiger partial charge on any atom is 0.345 e. The molecule has 1 N–H and O–H groups in total. The van der Waals surface area contributed by atoms with Gasteiger partial charge in [-0.2, -0.15) is 0 Å². The highest BCUT2D eigenvalue weighted by atomic mass is 19.1. The average molecular weight is 419 g/mol. The van der Waals surface area contributed by atoms with E-state index in [4.69, 9.17) is 19.5 Å². The quantitative estimate of drug-likeness (QED) is 0.537.